The third-order valence-electron chi connectivity index (χ3n) is 5.36. The van der Waals surface area contributed by atoms with Gasteiger partial charge in [0.25, 0.3) is 11.8 Å². The van der Waals surface area contributed by atoms with Gasteiger partial charge in [-0.1, -0.05) is 42.5 Å². The summed E-state index contributed by atoms with van der Waals surface area (Å²) in [6, 6.07) is 15.6. The summed E-state index contributed by atoms with van der Waals surface area (Å²) >= 11 is 0. The summed E-state index contributed by atoms with van der Waals surface area (Å²) in [5.41, 5.74) is 1.72. The van der Waals surface area contributed by atoms with E-state index in [-0.39, 0.29) is 36.6 Å². The van der Waals surface area contributed by atoms with Crippen molar-refractivity contribution in [1.29, 1.82) is 0 Å². The zero-order valence-corrected chi connectivity index (χ0v) is 17.8. The summed E-state index contributed by atoms with van der Waals surface area (Å²) < 4.78 is 0. The van der Waals surface area contributed by atoms with Crippen molar-refractivity contribution in [3.8, 4) is 0 Å². The number of rotatable bonds is 9. The van der Waals surface area contributed by atoms with Gasteiger partial charge in [0.2, 0.25) is 11.8 Å². The third-order valence-corrected chi connectivity index (χ3v) is 5.36. The first-order valence-electron chi connectivity index (χ1n) is 10.5. The van der Waals surface area contributed by atoms with E-state index in [0.717, 1.165) is 5.56 Å². The second kappa shape index (κ2) is 10.0. The number of amides is 4. The van der Waals surface area contributed by atoms with Crippen LogP contribution in [0.25, 0.3) is 0 Å². The zero-order valence-electron chi connectivity index (χ0n) is 17.8. The molecule has 162 valence electrons. The van der Waals surface area contributed by atoms with Gasteiger partial charge in [-0.15, -0.1) is 0 Å². The highest BCUT2D eigenvalue weighted by Gasteiger charge is 2.35. The number of nitrogens with zero attached hydrogens (tertiary/aromatic N) is 2. The van der Waals surface area contributed by atoms with Gasteiger partial charge in [-0.25, -0.2) is 0 Å². The summed E-state index contributed by atoms with van der Waals surface area (Å²) in [6.45, 7) is 4.49. The molecule has 1 aliphatic heterocycles. The molecule has 0 aliphatic carbocycles. The van der Waals surface area contributed by atoms with Crippen molar-refractivity contribution in [3.05, 3.63) is 71.3 Å². The van der Waals surface area contributed by atoms with Crippen LogP contribution in [-0.4, -0.2) is 52.6 Å². The lowest BCUT2D eigenvalue weighted by molar-refractivity contribution is -0.140. The Balaban J connectivity index is 1.64. The first-order valence-corrected chi connectivity index (χ1v) is 10.5. The number of carbonyl (C=O) groups excluding carboxylic acids is 4. The van der Waals surface area contributed by atoms with Gasteiger partial charge in [0, 0.05) is 26.1 Å². The van der Waals surface area contributed by atoms with E-state index in [2.05, 4.69) is 5.32 Å². The topological polar surface area (TPSA) is 86.8 Å². The number of benzene rings is 2. The molecule has 7 heteroatoms. The highest BCUT2D eigenvalue weighted by Crippen LogP contribution is 2.23. The van der Waals surface area contributed by atoms with Gasteiger partial charge in [-0.3, -0.25) is 24.1 Å². The van der Waals surface area contributed by atoms with Crippen molar-refractivity contribution in [1.82, 2.24) is 15.1 Å². The van der Waals surface area contributed by atoms with E-state index in [4.69, 9.17) is 0 Å². The van der Waals surface area contributed by atoms with Crippen molar-refractivity contribution in [2.75, 3.05) is 13.1 Å². The van der Waals surface area contributed by atoms with E-state index in [1.807, 2.05) is 37.3 Å². The Morgan fingerprint density at radius 2 is 1.55 bits per heavy atom. The quantitative estimate of drug-likeness (QED) is 0.631. The van der Waals surface area contributed by atoms with E-state index in [9.17, 15) is 19.2 Å². The maximum atomic E-state index is 13.0. The first kappa shape index (κ1) is 22.2. The third kappa shape index (κ3) is 4.99. The van der Waals surface area contributed by atoms with Crippen molar-refractivity contribution < 1.29 is 19.2 Å². The van der Waals surface area contributed by atoms with E-state index in [1.165, 1.54) is 4.90 Å². The predicted molar refractivity (Wildman–Crippen MR) is 116 cm³/mol. The van der Waals surface area contributed by atoms with Gasteiger partial charge < -0.3 is 10.2 Å². The Hall–Kier alpha value is -3.48. The Morgan fingerprint density at radius 1 is 0.968 bits per heavy atom. The SMILES string of the molecule is CCNC(=O)[C@@H](C)N(Cc1ccccc1)C(=O)CCCN1C(=O)c2ccccc2C1=O. The number of carbonyl (C=O) groups is 4. The Kier molecular flexibility index (Phi) is 7.18. The number of likely N-dealkylation sites (N-methyl/N-ethyl adjacent to an activating group) is 1. The molecule has 0 saturated heterocycles. The fourth-order valence-corrected chi connectivity index (χ4v) is 3.66. The van der Waals surface area contributed by atoms with Crippen LogP contribution in [-0.2, 0) is 16.1 Å². The minimum Gasteiger partial charge on any atom is -0.355 e. The Labute approximate surface area is 182 Å². The number of imide groups is 1. The van der Waals surface area contributed by atoms with Crippen LogP contribution >= 0.6 is 0 Å². The van der Waals surface area contributed by atoms with E-state index in [1.54, 1.807) is 36.1 Å². The molecule has 1 atom stereocenters. The van der Waals surface area contributed by atoms with Gasteiger partial charge >= 0.3 is 0 Å². The molecule has 0 fully saturated rings. The lowest BCUT2D eigenvalue weighted by Gasteiger charge is -2.29. The molecule has 2 aromatic rings. The number of hydrogen-bond donors (Lipinski definition) is 1. The minimum atomic E-state index is -0.632. The normalized spacial score (nSPS) is 13.7. The van der Waals surface area contributed by atoms with Crippen LogP contribution in [0, 0.1) is 0 Å². The highest BCUT2D eigenvalue weighted by molar-refractivity contribution is 6.21. The summed E-state index contributed by atoms with van der Waals surface area (Å²) in [5.74, 6) is -1.07. The van der Waals surface area contributed by atoms with Gasteiger partial charge in [-0.05, 0) is 38.0 Å². The average Bonchev–Trinajstić information content (AvgIpc) is 3.03. The standard InChI is InChI=1S/C24H27N3O4/c1-3-25-22(29)17(2)27(16-18-10-5-4-6-11-18)21(28)14-9-15-26-23(30)19-12-7-8-13-20(19)24(26)31/h4-8,10-13,17H,3,9,14-16H2,1-2H3,(H,25,29)/t17-/m1/s1. The number of hydrogen-bond acceptors (Lipinski definition) is 4. The highest BCUT2D eigenvalue weighted by atomic mass is 16.2. The first-order chi connectivity index (χ1) is 14.9. The molecule has 7 nitrogen and oxygen atoms in total. The van der Waals surface area contributed by atoms with Crippen LogP contribution in [0.3, 0.4) is 0 Å². The fraction of sp³-hybridized carbons (Fsp3) is 0.333. The summed E-state index contributed by atoms with van der Waals surface area (Å²) in [6.07, 6.45) is 0.460. The molecule has 0 aromatic heterocycles. The molecule has 0 saturated carbocycles. The van der Waals surface area contributed by atoms with E-state index in [0.29, 0.717) is 30.6 Å². The van der Waals surface area contributed by atoms with Crippen molar-refractivity contribution >= 4 is 23.6 Å². The fourth-order valence-electron chi connectivity index (χ4n) is 3.66. The molecule has 4 amide bonds. The summed E-state index contributed by atoms with van der Waals surface area (Å²) in [7, 11) is 0. The molecule has 1 N–H and O–H groups in total. The van der Waals surface area contributed by atoms with Crippen LogP contribution in [0.1, 0.15) is 53.0 Å². The zero-order chi connectivity index (χ0) is 22.4. The largest absolute Gasteiger partial charge is 0.355 e. The molecular formula is C24H27N3O4. The van der Waals surface area contributed by atoms with Gasteiger partial charge in [-0.2, -0.15) is 0 Å². The van der Waals surface area contributed by atoms with Crippen LogP contribution in [0.15, 0.2) is 54.6 Å². The summed E-state index contributed by atoms with van der Waals surface area (Å²) in [4.78, 5) is 53.1. The van der Waals surface area contributed by atoms with Crippen molar-refractivity contribution in [3.63, 3.8) is 0 Å². The second-order valence-corrected chi connectivity index (χ2v) is 7.49. The lowest BCUT2D eigenvalue weighted by Crippen LogP contribution is -2.47. The van der Waals surface area contributed by atoms with Crippen LogP contribution in [0.4, 0.5) is 0 Å². The molecule has 2 aromatic carbocycles. The van der Waals surface area contributed by atoms with Crippen LogP contribution in [0.2, 0.25) is 0 Å². The van der Waals surface area contributed by atoms with Gasteiger partial charge in [0.1, 0.15) is 6.04 Å². The molecular weight excluding hydrogens is 394 g/mol. The Bertz CT molecular complexity index is 939. The monoisotopic (exact) mass is 421 g/mol. The molecule has 0 unspecified atom stereocenters. The minimum absolute atomic E-state index is 0.129. The number of nitrogens with one attached hydrogen (secondary N) is 1. The molecule has 0 bridgehead atoms. The molecule has 0 radical (unpaired) electrons. The van der Waals surface area contributed by atoms with E-state index < -0.39 is 6.04 Å². The summed E-state index contributed by atoms with van der Waals surface area (Å²) in [5, 5.41) is 2.76. The van der Waals surface area contributed by atoms with Gasteiger partial charge in [0.05, 0.1) is 11.1 Å². The van der Waals surface area contributed by atoms with Crippen molar-refractivity contribution in [2.24, 2.45) is 0 Å². The van der Waals surface area contributed by atoms with Crippen molar-refractivity contribution in [2.45, 2.75) is 39.3 Å². The maximum Gasteiger partial charge on any atom is 0.261 e. The average molecular weight is 421 g/mol. The van der Waals surface area contributed by atoms with Crippen LogP contribution < -0.4 is 5.32 Å². The second-order valence-electron chi connectivity index (χ2n) is 7.49. The molecule has 3 rings (SSSR count). The smallest absolute Gasteiger partial charge is 0.261 e. The van der Waals surface area contributed by atoms with Gasteiger partial charge in [0.15, 0.2) is 0 Å². The Morgan fingerprint density at radius 3 is 2.13 bits per heavy atom. The predicted octanol–water partition coefficient (Wildman–Crippen LogP) is 2.62. The molecule has 31 heavy (non-hydrogen) atoms. The van der Waals surface area contributed by atoms with E-state index >= 15 is 0 Å². The molecule has 1 aliphatic rings. The molecule has 1 heterocycles. The molecule has 0 spiro atoms. The maximum absolute atomic E-state index is 13.0. The lowest BCUT2D eigenvalue weighted by atomic mass is 10.1. The van der Waals surface area contributed by atoms with Crippen LogP contribution in [0.5, 0.6) is 0 Å². The number of fused-ring (bicyclic) bond motifs is 1.